The van der Waals surface area contributed by atoms with Gasteiger partial charge in [-0.2, -0.15) is 0 Å². The van der Waals surface area contributed by atoms with E-state index in [9.17, 15) is 9.59 Å². The van der Waals surface area contributed by atoms with E-state index in [0.29, 0.717) is 24.5 Å². The summed E-state index contributed by atoms with van der Waals surface area (Å²) >= 11 is 0. The van der Waals surface area contributed by atoms with Crippen LogP contribution in [-0.2, 0) is 6.42 Å². The molecule has 6 heteroatoms. The van der Waals surface area contributed by atoms with E-state index in [-0.39, 0.29) is 17.6 Å². The number of pyridine rings is 1. The number of amides is 1. The normalized spacial score (nSPS) is 10.5. The van der Waals surface area contributed by atoms with E-state index >= 15 is 0 Å². The summed E-state index contributed by atoms with van der Waals surface area (Å²) < 4.78 is 5.47. The maximum Gasteiger partial charge on any atom is 0.335 e. The van der Waals surface area contributed by atoms with E-state index in [1.807, 2.05) is 13.8 Å². The molecule has 0 aliphatic heterocycles. The van der Waals surface area contributed by atoms with Crippen molar-refractivity contribution >= 4 is 11.9 Å². The maximum atomic E-state index is 12.1. The molecule has 0 aliphatic carbocycles. The number of carboxylic acids is 1. The molecule has 0 saturated carbocycles. The average Bonchev–Trinajstić information content (AvgIpc) is 2.55. The van der Waals surface area contributed by atoms with E-state index in [4.69, 9.17) is 9.84 Å². The lowest BCUT2D eigenvalue weighted by Crippen LogP contribution is -2.26. The topological polar surface area (TPSA) is 88.5 Å². The van der Waals surface area contributed by atoms with Crippen molar-refractivity contribution in [3.05, 3.63) is 59.3 Å². The quantitative estimate of drug-likeness (QED) is 0.815. The molecule has 0 radical (unpaired) electrons. The van der Waals surface area contributed by atoms with Gasteiger partial charge in [-0.25, -0.2) is 9.78 Å². The van der Waals surface area contributed by atoms with E-state index in [1.165, 1.54) is 0 Å². The number of carbonyl (C=O) groups excluding carboxylic acids is 1. The fourth-order valence-corrected chi connectivity index (χ4v) is 2.07. The van der Waals surface area contributed by atoms with Crippen LogP contribution in [0.15, 0.2) is 42.5 Å². The molecule has 0 spiro atoms. The van der Waals surface area contributed by atoms with Crippen LogP contribution in [0.2, 0.25) is 0 Å². The van der Waals surface area contributed by atoms with Gasteiger partial charge in [-0.3, -0.25) is 4.79 Å². The van der Waals surface area contributed by atoms with E-state index < -0.39 is 5.97 Å². The summed E-state index contributed by atoms with van der Waals surface area (Å²) in [7, 11) is 0. The molecule has 0 saturated heterocycles. The Morgan fingerprint density at radius 1 is 1.17 bits per heavy atom. The van der Waals surface area contributed by atoms with Crippen LogP contribution in [-0.4, -0.2) is 34.6 Å². The summed E-state index contributed by atoms with van der Waals surface area (Å²) in [4.78, 5) is 27.1. The van der Waals surface area contributed by atoms with Crippen LogP contribution >= 0.6 is 0 Å². The summed E-state index contributed by atoms with van der Waals surface area (Å²) in [6.07, 6.45) is 0.595. The van der Waals surface area contributed by atoms with Crippen LogP contribution in [0.4, 0.5) is 0 Å². The number of aromatic carboxylic acids is 1. The molecular weight excluding hydrogens is 308 g/mol. The zero-order valence-electron chi connectivity index (χ0n) is 13.7. The van der Waals surface area contributed by atoms with Gasteiger partial charge in [-0.05, 0) is 44.0 Å². The van der Waals surface area contributed by atoms with Crippen molar-refractivity contribution in [3.63, 3.8) is 0 Å². The van der Waals surface area contributed by atoms with Crippen LogP contribution in [0, 0.1) is 0 Å². The van der Waals surface area contributed by atoms with Crippen LogP contribution in [0.5, 0.6) is 5.88 Å². The highest BCUT2D eigenvalue weighted by Gasteiger charge is 2.09. The van der Waals surface area contributed by atoms with Gasteiger partial charge in [0.05, 0.1) is 11.7 Å². The first kappa shape index (κ1) is 17.5. The van der Waals surface area contributed by atoms with Crippen molar-refractivity contribution in [1.82, 2.24) is 10.3 Å². The minimum Gasteiger partial charge on any atom is -0.478 e. The maximum absolute atomic E-state index is 12.1. The molecule has 126 valence electrons. The van der Waals surface area contributed by atoms with Crippen LogP contribution < -0.4 is 10.1 Å². The molecule has 1 amide bonds. The highest BCUT2D eigenvalue weighted by atomic mass is 16.5. The number of aromatic nitrogens is 1. The number of benzene rings is 1. The lowest BCUT2D eigenvalue weighted by atomic mass is 10.1. The second-order valence-corrected chi connectivity index (χ2v) is 5.54. The number of rotatable bonds is 7. The van der Waals surface area contributed by atoms with Crippen LogP contribution in [0.1, 0.15) is 40.3 Å². The third-order valence-corrected chi connectivity index (χ3v) is 3.21. The first-order valence-corrected chi connectivity index (χ1v) is 7.70. The lowest BCUT2D eigenvalue weighted by molar-refractivity contribution is 0.0696. The van der Waals surface area contributed by atoms with Gasteiger partial charge in [-0.15, -0.1) is 0 Å². The lowest BCUT2D eigenvalue weighted by Gasteiger charge is -2.10. The minimum absolute atomic E-state index is 0.00964. The number of hydrogen-bond donors (Lipinski definition) is 2. The highest BCUT2D eigenvalue weighted by Crippen LogP contribution is 2.10. The molecule has 2 N–H and O–H groups in total. The second-order valence-electron chi connectivity index (χ2n) is 5.54. The molecule has 2 aromatic rings. The molecule has 0 fully saturated rings. The van der Waals surface area contributed by atoms with Gasteiger partial charge < -0.3 is 15.2 Å². The Labute approximate surface area is 140 Å². The zero-order chi connectivity index (χ0) is 17.5. The molecule has 0 bridgehead atoms. The fourth-order valence-electron chi connectivity index (χ4n) is 2.07. The minimum atomic E-state index is -0.954. The number of nitrogens with one attached hydrogen (secondary N) is 1. The Kier molecular flexibility index (Phi) is 5.89. The van der Waals surface area contributed by atoms with Gasteiger partial charge in [-0.1, -0.05) is 18.2 Å². The van der Waals surface area contributed by atoms with Crippen molar-refractivity contribution in [2.75, 3.05) is 6.54 Å². The largest absolute Gasteiger partial charge is 0.478 e. The third kappa shape index (κ3) is 5.08. The Hall–Kier alpha value is -2.89. The van der Waals surface area contributed by atoms with Crippen LogP contribution in [0.25, 0.3) is 0 Å². The number of nitrogens with zero attached hydrogens (tertiary/aromatic N) is 1. The molecule has 0 atom stereocenters. The van der Waals surface area contributed by atoms with Crippen molar-refractivity contribution < 1.29 is 19.4 Å². The third-order valence-electron chi connectivity index (χ3n) is 3.21. The summed E-state index contributed by atoms with van der Waals surface area (Å²) in [5, 5.41) is 11.6. The smallest absolute Gasteiger partial charge is 0.335 e. The van der Waals surface area contributed by atoms with Crippen molar-refractivity contribution in [2.45, 2.75) is 26.4 Å². The van der Waals surface area contributed by atoms with Gasteiger partial charge in [0, 0.05) is 12.6 Å². The number of ether oxygens (including phenoxy) is 1. The van der Waals surface area contributed by atoms with Gasteiger partial charge in [0.1, 0.15) is 5.69 Å². The molecule has 6 nitrogen and oxygen atoms in total. The van der Waals surface area contributed by atoms with Gasteiger partial charge in [0.2, 0.25) is 5.88 Å². The summed E-state index contributed by atoms with van der Waals surface area (Å²) in [5.41, 5.74) is 1.49. The van der Waals surface area contributed by atoms with Crippen LogP contribution in [0.3, 0.4) is 0 Å². The number of hydrogen-bond acceptors (Lipinski definition) is 4. The van der Waals surface area contributed by atoms with Crippen molar-refractivity contribution in [3.8, 4) is 5.88 Å². The molecule has 0 unspecified atom stereocenters. The Morgan fingerprint density at radius 3 is 2.50 bits per heavy atom. The van der Waals surface area contributed by atoms with Gasteiger partial charge in [0.15, 0.2) is 0 Å². The first-order valence-electron chi connectivity index (χ1n) is 7.70. The Bertz CT molecular complexity index is 711. The summed E-state index contributed by atoms with van der Waals surface area (Å²) in [6.45, 7) is 4.22. The van der Waals surface area contributed by atoms with E-state index in [2.05, 4.69) is 10.3 Å². The molecule has 1 aromatic carbocycles. The predicted molar refractivity (Wildman–Crippen MR) is 89.4 cm³/mol. The SMILES string of the molecule is CC(C)Oc1cccc(C(=O)NCCc2ccc(C(=O)O)cc2)n1. The van der Waals surface area contributed by atoms with E-state index in [1.54, 1.807) is 42.5 Å². The Morgan fingerprint density at radius 2 is 1.88 bits per heavy atom. The number of carboxylic acid groups (broad SMARTS) is 1. The standard InChI is InChI=1S/C18H20N2O4/c1-12(2)24-16-5-3-4-15(20-16)17(21)19-11-10-13-6-8-14(9-7-13)18(22)23/h3-9,12H,10-11H2,1-2H3,(H,19,21)(H,22,23). The zero-order valence-corrected chi connectivity index (χ0v) is 13.7. The molecule has 0 aliphatic rings. The summed E-state index contributed by atoms with van der Waals surface area (Å²) in [5.74, 6) is -0.808. The highest BCUT2D eigenvalue weighted by molar-refractivity contribution is 5.92. The predicted octanol–water partition coefficient (Wildman–Crippen LogP) is 2.54. The molecule has 1 heterocycles. The second kappa shape index (κ2) is 8.10. The Balaban J connectivity index is 1.87. The van der Waals surface area contributed by atoms with Crippen molar-refractivity contribution in [2.24, 2.45) is 0 Å². The molecule has 24 heavy (non-hydrogen) atoms. The van der Waals surface area contributed by atoms with Gasteiger partial charge in [0.25, 0.3) is 5.91 Å². The molecular formula is C18H20N2O4. The average molecular weight is 328 g/mol. The van der Waals surface area contributed by atoms with Gasteiger partial charge >= 0.3 is 5.97 Å². The van der Waals surface area contributed by atoms with Crippen molar-refractivity contribution in [1.29, 1.82) is 0 Å². The number of carbonyl (C=O) groups is 2. The summed E-state index contributed by atoms with van der Waals surface area (Å²) in [6, 6.07) is 11.6. The monoisotopic (exact) mass is 328 g/mol. The first-order chi connectivity index (χ1) is 11.5. The van der Waals surface area contributed by atoms with E-state index in [0.717, 1.165) is 5.56 Å². The molecule has 1 aromatic heterocycles. The fraction of sp³-hybridized carbons (Fsp3) is 0.278. The molecule has 2 rings (SSSR count).